The molecule has 0 saturated carbocycles. The van der Waals surface area contributed by atoms with Crippen molar-refractivity contribution in [3.05, 3.63) is 65.8 Å². The summed E-state index contributed by atoms with van der Waals surface area (Å²) in [5.41, 5.74) is 5.95. The Hall–Kier alpha value is -3.75. The molecule has 0 bridgehead atoms. The van der Waals surface area contributed by atoms with Crippen molar-refractivity contribution in [1.29, 1.82) is 0 Å². The van der Waals surface area contributed by atoms with E-state index in [-0.39, 0.29) is 17.3 Å². The summed E-state index contributed by atoms with van der Waals surface area (Å²) in [5.74, 6) is -0.808. The Bertz CT molecular complexity index is 926. The third-order valence-electron chi connectivity index (χ3n) is 3.36. The third kappa shape index (κ3) is 3.83. The van der Waals surface area contributed by atoms with Crippen LogP contribution in [0.5, 0.6) is 0 Å². The van der Waals surface area contributed by atoms with E-state index in [0.717, 1.165) is 0 Å². The van der Waals surface area contributed by atoms with Crippen LogP contribution in [0, 0.1) is 6.92 Å². The molecule has 26 heavy (non-hydrogen) atoms. The number of carbonyl (C=O) groups excluding carboxylic acids is 2. The quantitative estimate of drug-likeness (QED) is 0.664. The molecule has 0 radical (unpaired) electrons. The average molecular weight is 353 g/mol. The molecule has 3 aromatic rings. The molecule has 9 nitrogen and oxygen atoms in total. The summed E-state index contributed by atoms with van der Waals surface area (Å²) in [5, 5.41) is 6.24. The zero-order chi connectivity index (χ0) is 18.5. The van der Waals surface area contributed by atoms with Crippen LogP contribution in [0.2, 0.25) is 0 Å². The van der Waals surface area contributed by atoms with E-state index >= 15 is 0 Å². The number of nitrogen functional groups attached to an aromatic ring is 1. The molecule has 132 valence electrons. The topological polar surface area (TPSA) is 133 Å². The number of nitrogens with two attached hydrogens (primary N) is 1. The number of carbonyl (C=O) groups is 2. The van der Waals surface area contributed by atoms with Crippen LogP contribution in [-0.2, 0) is 9.53 Å². The second-order valence-corrected chi connectivity index (χ2v) is 5.30. The minimum Gasteiger partial charge on any atom is -0.442 e. The van der Waals surface area contributed by atoms with Gasteiger partial charge in [0.05, 0.1) is 0 Å². The fourth-order valence-electron chi connectivity index (χ4n) is 2.19. The van der Waals surface area contributed by atoms with Crippen molar-refractivity contribution >= 4 is 23.5 Å². The summed E-state index contributed by atoms with van der Waals surface area (Å²) < 4.78 is 10.3. The van der Waals surface area contributed by atoms with Crippen LogP contribution >= 0.6 is 0 Å². The lowest BCUT2D eigenvalue weighted by Gasteiger charge is -2.17. The summed E-state index contributed by atoms with van der Waals surface area (Å²) in [7, 11) is 0. The minimum absolute atomic E-state index is 0.0863. The molecule has 9 heteroatoms. The molecule has 3 N–H and O–H groups in total. The number of aromatic nitrogens is 3. The normalized spacial score (nSPS) is 11.6. The highest BCUT2D eigenvalue weighted by Gasteiger charge is 2.28. The standard InChI is InChI=1S/C17H15N5O4/c1-10-9-12(22-26-10)21-16(23)14(11-5-3-2-4-6-11)25-17(24)13-15(18)20-8-7-19-13/h2-9,14H,1H3,(H2,18,20)(H,21,22,23). The first-order valence-electron chi connectivity index (χ1n) is 7.61. The maximum Gasteiger partial charge on any atom is 0.361 e. The molecule has 0 saturated heterocycles. The number of nitrogens with one attached hydrogen (secondary N) is 1. The SMILES string of the molecule is Cc1cc(NC(=O)C(OC(=O)c2nccnc2N)c2ccccc2)no1. The molecule has 0 aliphatic carbocycles. The fraction of sp³-hybridized carbons (Fsp3) is 0.118. The Morgan fingerprint density at radius 2 is 1.92 bits per heavy atom. The lowest BCUT2D eigenvalue weighted by atomic mass is 10.1. The summed E-state index contributed by atoms with van der Waals surface area (Å²) >= 11 is 0. The number of hydrogen-bond donors (Lipinski definition) is 2. The molecule has 0 aliphatic rings. The molecule has 1 amide bonds. The lowest BCUT2D eigenvalue weighted by Crippen LogP contribution is -2.26. The molecule has 1 unspecified atom stereocenters. The van der Waals surface area contributed by atoms with Crippen molar-refractivity contribution in [2.45, 2.75) is 13.0 Å². The van der Waals surface area contributed by atoms with E-state index in [9.17, 15) is 9.59 Å². The van der Waals surface area contributed by atoms with E-state index in [1.807, 2.05) is 0 Å². The molecule has 0 aliphatic heterocycles. The first-order chi connectivity index (χ1) is 12.5. The third-order valence-corrected chi connectivity index (χ3v) is 3.36. The van der Waals surface area contributed by atoms with Crippen molar-refractivity contribution in [2.75, 3.05) is 11.1 Å². The Morgan fingerprint density at radius 3 is 2.58 bits per heavy atom. The summed E-state index contributed by atoms with van der Waals surface area (Å²) in [6, 6.07) is 10.1. The molecular formula is C17H15N5O4. The van der Waals surface area contributed by atoms with Crippen molar-refractivity contribution in [1.82, 2.24) is 15.1 Å². The van der Waals surface area contributed by atoms with Crippen LogP contribution < -0.4 is 11.1 Å². The zero-order valence-electron chi connectivity index (χ0n) is 13.7. The van der Waals surface area contributed by atoms with Gasteiger partial charge in [0.25, 0.3) is 5.91 Å². The first kappa shape index (κ1) is 17.1. The average Bonchev–Trinajstić information content (AvgIpc) is 3.05. The Morgan fingerprint density at radius 1 is 1.19 bits per heavy atom. The van der Waals surface area contributed by atoms with Crippen molar-refractivity contribution in [3.8, 4) is 0 Å². The smallest absolute Gasteiger partial charge is 0.361 e. The fourth-order valence-corrected chi connectivity index (χ4v) is 2.19. The van der Waals surface area contributed by atoms with Gasteiger partial charge in [-0.25, -0.2) is 14.8 Å². The van der Waals surface area contributed by atoms with E-state index < -0.39 is 18.0 Å². The van der Waals surface area contributed by atoms with Gasteiger partial charge >= 0.3 is 5.97 Å². The van der Waals surface area contributed by atoms with Crippen LogP contribution in [0.15, 0.2) is 53.3 Å². The van der Waals surface area contributed by atoms with Crippen LogP contribution in [-0.4, -0.2) is 27.0 Å². The van der Waals surface area contributed by atoms with E-state index in [4.69, 9.17) is 15.0 Å². The van der Waals surface area contributed by atoms with Gasteiger partial charge in [0, 0.05) is 24.0 Å². The largest absolute Gasteiger partial charge is 0.442 e. The number of anilines is 2. The lowest BCUT2D eigenvalue weighted by molar-refractivity contribution is -0.125. The predicted molar refractivity (Wildman–Crippen MR) is 90.9 cm³/mol. The molecular weight excluding hydrogens is 338 g/mol. The maximum atomic E-state index is 12.6. The molecule has 1 atom stereocenters. The van der Waals surface area contributed by atoms with Gasteiger partial charge in [-0.15, -0.1) is 0 Å². The van der Waals surface area contributed by atoms with E-state index in [0.29, 0.717) is 11.3 Å². The summed E-state index contributed by atoms with van der Waals surface area (Å²) in [6.45, 7) is 1.69. The summed E-state index contributed by atoms with van der Waals surface area (Å²) in [6.07, 6.45) is 1.42. The predicted octanol–water partition coefficient (Wildman–Crippen LogP) is 1.89. The van der Waals surface area contributed by atoms with Crippen LogP contribution in [0.1, 0.15) is 27.9 Å². The molecule has 0 fully saturated rings. The van der Waals surface area contributed by atoms with E-state index in [1.165, 1.54) is 12.4 Å². The van der Waals surface area contributed by atoms with Gasteiger partial charge in [-0.3, -0.25) is 4.79 Å². The molecule has 2 aromatic heterocycles. The number of rotatable bonds is 5. The van der Waals surface area contributed by atoms with Crippen molar-refractivity contribution in [2.24, 2.45) is 0 Å². The molecule has 0 spiro atoms. The van der Waals surface area contributed by atoms with E-state index in [2.05, 4.69) is 20.4 Å². The second-order valence-electron chi connectivity index (χ2n) is 5.30. The first-order valence-corrected chi connectivity index (χ1v) is 7.61. The van der Waals surface area contributed by atoms with Gasteiger partial charge < -0.3 is 20.3 Å². The monoisotopic (exact) mass is 353 g/mol. The van der Waals surface area contributed by atoms with Crippen LogP contribution in [0.4, 0.5) is 11.6 Å². The number of amides is 1. The van der Waals surface area contributed by atoms with Gasteiger partial charge in [0.1, 0.15) is 5.76 Å². The molecule has 2 heterocycles. The van der Waals surface area contributed by atoms with Crippen molar-refractivity contribution in [3.63, 3.8) is 0 Å². The minimum atomic E-state index is -1.23. The Kier molecular flexibility index (Phi) is 4.88. The highest BCUT2D eigenvalue weighted by molar-refractivity contribution is 5.98. The highest BCUT2D eigenvalue weighted by atomic mass is 16.5. The second kappa shape index (κ2) is 7.43. The van der Waals surface area contributed by atoms with Gasteiger partial charge in [0.15, 0.2) is 17.3 Å². The molecule has 3 rings (SSSR count). The Labute approximate surface area is 148 Å². The number of ether oxygens (including phenoxy) is 1. The number of aryl methyl sites for hydroxylation is 1. The number of esters is 1. The highest BCUT2D eigenvalue weighted by Crippen LogP contribution is 2.22. The zero-order valence-corrected chi connectivity index (χ0v) is 13.7. The van der Waals surface area contributed by atoms with Gasteiger partial charge in [0.2, 0.25) is 6.10 Å². The van der Waals surface area contributed by atoms with Crippen LogP contribution in [0.3, 0.4) is 0 Å². The van der Waals surface area contributed by atoms with Crippen molar-refractivity contribution < 1.29 is 18.8 Å². The van der Waals surface area contributed by atoms with Gasteiger partial charge in [-0.05, 0) is 6.92 Å². The van der Waals surface area contributed by atoms with Crippen LogP contribution in [0.25, 0.3) is 0 Å². The summed E-state index contributed by atoms with van der Waals surface area (Å²) in [4.78, 5) is 32.7. The van der Waals surface area contributed by atoms with E-state index in [1.54, 1.807) is 43.3 Å². The van der Waals surface area contributed by atoms with Gasteiger partial charge in [-0.2, -0.15) is 0 Å². The molecule has 1 aromatic carbocycles. The van der Waals surface area contributed by atoms with Gasteiger partial charge in [-0.1, -0.05) is 35.5 Å². The Balaban J connectivity index is 1.85. The number of hydrogen-bond acceptors (Lipinski definition) is 8. The maximum absolute atomic E-state index is 12.6. The number of benzene rings is 1. The number of nitrogens with zero attached hydrogens (tertiary/aromatic N) is 3.